The van der Waals surface area contributed by atoms with Gasteiger partial charge in [-0.2, -0.15) is 0 Å². The van der Waals surface area contributed by atoms with Crippen LogP contribution in [0.15, 0.2) is 152 Å². The second kappa shape index (κ2) is 15.9. The van der Waals surface area contributed by atoms with Gasteiger partial charge in [0.2, 0.25) is 0 Å². The van der Waals surface area contributed by atoms with Crippen LogP contribution < -0.4 is 4.74 Å². The lowest BCUT2D eigenvalue weighted by Gasteiger charge is -2.07. The number of ether oxygens (including phenoxy) is 1. The maximum absolute atomic E-state index is 13.2. The average Bonchev–Trinajstić information content (AvgIpc) is 3.13. The van der Waals surface area contributed by atoms with Crippen molar-refractivity contribution in [3.05, 3.63) is 185 Å². The fourth-order valence-electron chi connectivity index (χ4n) is 6.03. The van der Waals surface area contributed by atoms with Crippen molar-refractivity contribution in [1.82, 2.24) is 0 Å². The van der Waals surface area contributed by atoms with Gasteiger partial charge in [0.25, 0.3) is 0 Å². The molecule has 48 heavy (non-hydrogen) atoms. The first kappa shape index (κ1) is 33.9. The molecule has 0 bridgehead atoms. The molecule has 0 aliphatic rings. The predicted molar refractivity (Wildman–Crippen MR) is 206 cm³/mol. The Hall–Kier alpha value is -5.47. The van der Waals surface area contributed by atoms with Crippen molar-refractivity contribution < 1.29 is 9.13 Å². The van der Waals surface area contributed by atoms with Crippen molar-refractivity contribution in [3.8, 4) is 5.75 Å². The van der Waals surface area contributed by atoms with E-state index in [9.17, 15) is 4.39 Å². The smallest absolute Gasteiger partial charge is 0.131 e. The Kier molecular flexibility index (Phi) is 11.2. The van der Waals surface area contributed by atoms with Crippen LogP contribution in [-0.4, -0.2) is 7.11 Å². The minimum absolute atomic E-state index is 0.142. The molecule has 0 N–H and O–H groups in total. The van der Waals surface area contributed by atoms with Crippen molar-refractivity contribution in [1.29, 1.82) is 0 Å². The Balaban J connectivity index is 0.000000125. The molecule has 0 aliphatic heterocycles. The molecule has 0 atom stereocenters. The summed E-state index contributed by atoms with van der Waals surface area (Å²) in [6.07, 6.45) is 0. The summed E-state index contributed by atoms with van der Waals surface area (Å²) in [6, 6.07) is 51.0. The van der Waals surface area contributed by atoms with Crippen LogP contribution in [0.5, 0.6) is 5.75 Å². The summed E-state index contributed by atoms with van der Waals surface area (Å²) in [5.41, 5.74) is 6.39. The molecular weight excluding hydrogens is 588 g/mol. The molecule has 1 nitrogen and oxygen atoms in total. The summed E-state index contributed by atoms with van der Waals surface area (Å²) in [4.78, 5) is 0. The second-order valence-electron chi connectivity index (χ2n) is 12.1. The average molecular weight is 631 g/mol. The van der Waals surface area contributed by atoms with Crippen molar-refractivity contribution in [2.24, 2.45) is 0 Å². The van der Waals surface area contributed by atoms with Gasteiger partial charge >= 0.3 is 0 Å². The lowest BCUT2D eigenvalue weighted by atomic mass is 10.0. The molecule has 8 aromatic rings. The van der Waals surface area contributed by atoms with Gasteiger partial charge < -0.3 is 4.74 Å². The number of halogens is 1. The minimum atomic E-state index is -0.142. The monoisotopic (exact) mass is 630 g/mol. The van der Waals surface area contributed by atoms with Crippen LogP contribution >= 0.6 is 0 Å². The molecule has 0 heterocycles. The minimum Gasteiger partial charge on any atom is -0.496 e. The highest BCUT2D eigenvalue weighted by Gasteiger charge is 2.02. The summed E-state index contributed by atoms with van der Waals surface area (Å²) >= 11 is 0. The summed E-state index contributed by atoms with van der Waals surface area (Å²) in [6.45, 7) is 10.5. The lowest BCUT2D eigenvalue weighted by molar-refractivity contribution is 0.412. The molecule has 2 heteroatoms. The van der Waals surface area contributed by atoms with E-state index in [4.69, 9.17) is 4.74 Å². The van der Waals surface area contributed by atoms with E-state index in [1.165, 1.54) is 60.6 Å². The fraction of sp³-hybridized carbons (Fsp3) is 0.130. The van der Waals surface area contributed by atoms with E-state index >= 15 is 0 Å². The first-order chi connectivity index (χ1) is 23.3. The molecule has 8 rings (SSSR count). The highest BCUT2D eigenvalue weighted by Crippen LogP contribution is 2.26. The van der Waals surface area contributed by atoms with Crippen molar-refractivity contribution in [2.75, 3.05) is 7.11 Å². The number of rotatable bonds is 1. The molecule has 0 saturated carbocycles. The summed E-state index contributed by atoms with van der Waals surface area (Å²) < 4.78 is 18.4. The Morgan fingerprint density at radius 2 is 0.750 bits per heavy atom. The van der Waals surface area contributed by atoms with E-state index < -0.39 is 0 Å². The Morgan fingerprint density at radius 3 is 1.27 bits per heavy atom. The normalized spacial score (nSPS) is 10.4. The van der Waals surface area contributed by atoms with Crippen molar-refractivity contribution in [2.45, 2.75) is 34.6 Å². The molecule has 240 valence electrons. The number of hydrogen-bond acceptors (Lipinski definition) is 1. The molecule has 0 amide bonds. The van der Waals surface area contributed by atoms with Crippen LogP contribution in [0.3, 0.4) is 0 Å². The fourth-order valence-corrected chi connectivity index (χ4v) is 6.03. The van der Waals surface area contributed by atoms with Crippen LogP contribution in [0.1, 0.15) is 27.8 Å². The van der Waals surface area contributed by atoms with E-state index in [1.807, 2.05) is 37.3 Å². The third kappa shape index (κ3) is 7.90. The maximum Gasteiger partial charge on any atom is 0.131 e. The first-order valence-electron chi connectivity index (χ1n) is 16.3. The topological polar surface area (TPSA) is 9.23 Å². The standard InChI is InChI=1S/C12H12O.C12H12.C11H9F.C11H10/c1-9-11-6-4-3-5-10(11)7-8-12(9)13-2;1-9-7-8-10(2)12-6-4-3-5-11(9)12;1-8-6-7-11(12)10-5-3-2-4-9(8)10;1-9-5-4-7-10-6-2-3-8-11(9)10/h3-8H,1-2H3;3-8H,1-2H3;2-7H,1H3;2-8H,1H3. The maximum atomic E-state index is 13.2. The number of hydrogen-bond donors (Lipinski definition) is 0. The zero-order valence-corrected chi connectivity index (χ0v) is 28.7. The molecular formula is C46H43FO. The van der Waals surface area contributed by atoms with Gasteiger partial charge in [-0.15, -0.1) is 0 Å². The lowest BCUT2D eigenvalue weighted by Crippen LogP contribution is -1.87. The number of benzene rings is 8. The van der Waals surface area contributed by atoms with Crippen molar-refractivity contribution >= 4 is 43.1 Å². The van der Waals surface area contributed by atoms with E-state index in [1.54, 1.807) is 19.2 Å². The molecule has 0 radical (unpaired) electrons. The largest absolute Gasteiger partial charge is 0.496 e. The summed E-state index contributed by atoms with van der Waals surface area (Å²) in [7, 11) is 1.71. The molecule has 0 saturated heterocycles. The predicted octanol–water partition coefficient (Wildman–Crippen LogP) is 13.0. The van der Waals surface area contributed by atoms with Gasteiger partial charge in [-0.3, -0.25) is 0 Å². The molecule has 0 aliphatic carbocycles. The summed E-state index contributed by atoms with van der Waals surface area (Å²) in [5.74, 6) is 0.815. The first-order valence-corrected chi connectivity index (χ1v) is 16.3. The van der Waals surface area contributed by atoms with Gasteiger partial charge in [0, 0.05) is 5.39 Å². The van der Waals surface area contributed by atoms with Gasteiger partial charge in [0.15, 0.2) is 0 Å². The van der Waals surface area contributed by atoms with Crippen LogP contribution in [-0.2, 0) is 0 Å². The molecule has 0 fully saturated rings. The summed E-state index contributed by atoms with van der Waals surface area (Å²) in [5, 5.41) is 9.66. The number of fused-ring (bicyclic) bond motifs is 4. The quantitative estimate of drug-likeness (QED) is 0.175. The van der Waals surface area contributed by atoms with Gasteiger partial charge in [-0.1, -0.05) is 140 Å². The Bertz CT molecular complexity index is 2130. The molecule has 8 aromatic carbocycles. The van der Waals surface area contributed by atoms with Gasteiger partial charge in [-0.25, -0.2) is 4.39 Å². The van der Waals surface area contributed by atoms with Crippen LogP contribution in [0.25, 0.3) is 43.1 Å². The van der Waals surface area contributed by atoms with E-state index in [-0.39, 0.29) is 5.82 Å². The number of methoxy groups -OCH3 is 1. The third-order valence-corrected chi connectivity index (χ3v) is 8.83. The third-order valence-electron chi connectivity index (χ3n) is 8.83. The Labute approximate surface area is 284 Å². The highest BCUT2D eigenvalue weighted by atomic mass is 19.1. The van der Waals surface area contributed by atoms with E-state index in [0.29, 0.717) is 5.39 Å². The SMILES string of the molecule is COc1ccc2ccccc2c1C.Cc1ccc(C)c2ccccc12.Cc1ccc(F)c2ccccc12.Cc1cccc2ccccc12. The van der Waals surface area contributed by atoms with Crippen LogP contribution in [0, 0.1) is 40.4 Å². The molecule has 0 spiro atoms. The second-order valence-corrected chi connectivity index (χ2v) is 12.1. The molecule has 0 unspecified atom stereocenters. The highest BCUT2D eigenvalue weighted by molar-refractivity contribution is 5.89. The van der Waals surface area contributed by atoms with Crippen molar-refractivity contribution in [3.63, 3.8) is 0 Å². The molecule has 0 aromatic heterocycles. The van der Waals surface area contributed by atoms with Gasteiger partial charge in [0.1, 0.15) is 11.6 Å². The number of aryl methyl sites for hydroxylation is 5. The van der Waals surface area contributed by atoms with Crippen LogP contribution in [0.2, 0.25) is 0 Å². The zero-order valence-electron chi connectivity index (χ0n) is 28.7. The van der Waals surface area contributed by atoms with Crippen LogP contribution in [0.4, 0.5) is 4.39 Å². The van der Waals surface area contributed by atoms with E-state index in [0.717, 1.165) is 16.7 Å². The Morgan fingerprint density at radius 1 is 0.354 bits per heavy atom. The van der Waals surface area contributed by atoms with E-state index in [2.05, 4.69) is 131 Å². The van der Waals surface area contributed by atoms with Gasteiger partial charge in [-0.05, 0) is 112 Å². The van der Waals surface area contributed by atoms with Gasteiger partial charge in [0.05, 0.1) is 7.11 Å². The zero-order chi connectivity index (χ0) is 34.0.